The number of benzene rings is 1. The monoisotopic (exact) mass is 294 g/mol. The smallest absolute Gasteiger partial charge is 0.233 e. The van der Waals surface area contributed by atoms with Gasteiger partial charge >= 0.3 is 0 Å². The number of carbonyl (C=O) groups is 1. The van der Waals surface area contributed by atoms with Crippen molar-refractivity contribution in [3.05, 3.63) is 54.0 Å². The van der Waals surface area contributed by atoms with E-state index < -0.39 is 10.0 Å². The van der Waals surface area contributed by atoms with Gasteiger partial charge in [0, 0.05) is 24.9 Å². The zero-order chi connectivity index (χ0) is 14.8. The van der Waals surface area contributed by atoms with Gasteiger partial charge in [-0.2, -0.15) is 0 Å². The van der Waals surface area contributed by atoms with E-state index in [1.807, 2.05) is 18.2 Å². The molecule has 0 saturated carbocycles. The second-order valence-electron chi connectivity index (χ2n) is 4.00. The quantitative estimate of drug-likeness (QED) is 0.709. The number of carbonyl (C=O) groups excluding carboxylic acids is 1. The van der Waals surface area contributed by atoms with E-state index >= 15 is 0 Å². The van der Waals surface area contributed by atoms with Crippen molar-refractivity contribution in [2.45, 2.75) is 6.42 Å². The van der Waals surface area contributed by atoms with Gasteiger partial charge in [0.15, 0.2) is 0 Å². The summed E-state index contributed by atoms with van der Waals surface area (Å²) in [6.07, 6.45) is 3.15. The molecular formula is C14H18N2O3S. The molecule has 0 heterocycles. The van der Waals surface area contributed by atoms with E-state index in [1.54, 1.807) is 18.2 Å². The molecule has 0 aliphatic rings. The zero-order valence-corrected chi connectivity index (χ0v) is 11.9. The van der Waals surface area contributed by atoms with E-state index in [1.165, 1.54) is 6.08 Å². The van der Waals surface area contributed by atoms with Gasteiger partial charge in [0.2, 0.25) is 15.9 Å². The highest BCUT2D eigenvalue weighted by Gasteiger charge is 2.06. The van der Waals surface area contributed by atoms with Crippen molar-refractivity contribution < 1.29 is 13.2 Å². The topological polar surface area (TPSA) is 75.3 Å². The van der Waals surface area contributed by atoms with E-state index in [0.717, 1.165) is 11.0 Å². The number of sulfonamides is 1. The zero-order valence-electron chi connectivity index (χ0n) is 11.1. The summed E-state index contributed by atoms with van der Waals surface area (Å²) in [6, 6.07) is 9.10. The molecule has 1 rings (SSSR count). The summed E-state index contributed by atoms with van der Waals surface area (Å²) in [4.78, 5) is 11.3. The van der Waals surface area contributed by atoms with Crippen molar-refractivity contribution >= 4 is 22.0 Å². The van der Waals surface area contributed by atoms with Crippen LogP contribution in [0.2, 0.25) is 0 Å². The Hall–Kier alpha value is -1.92. The van der Waals surface area contributed by atoms with Crippen molar-refractivity contribution in [2.24, 2.45) is 0 Å². The molecule has 108 valence electrons. The molecule has 0 aromatic heterocycles. The van der Waals surface area contributed by atoms with Gasteiger partial charge in [0.05, 0.1) is 0 Å². The lowest BCUT2D eigenvalue weighted by Crippen LogP contribution is -2.29. The highest BCUT2D eigenvalue weighted by Crippen LogP contribution is 2.02. The lowest BCUT2D eigenvalue weighted by molar-refractivity contribution is -0.120. The number of amides is 1. The fourth-order valence-corrected chi connectivity index (χ4v) is 2.18. The van der Waals surface area contributed by atoms with Gasteiger partial charge in [-0.15, -0.1) is 6.58 Å². The van der Waals surface area contributed by atoms with Gasteiger partial charge in [0.1, 0.15) is 0 Å². The average Bonchev–Trinajstić information content (AvgIpc) is 2.44. The Morgan fingerprint density at radius 3 is 2.60 bits per heavy atom. The van der Waals surface area contributed by atoms with Crippen molar-refractivity contribution in [1.82, 2.24) is 10.0 Å². The lowest BCUT2D eigenvalue weighted by atomic mass is 10.2. The van der Waals surface area contributed by atoms with Crippen LogP contribution in [0.15, 0.2) is 48.4 Å². The molecule has 6 heteroatoms. The highest BCUT2D eigenvalue weighted by atomic mass is 32.2. The van der Waals surface area contributed by atoms with Gasteiger partial charge in [-0.05, 0) is 11.6 Å². The van der Waals surface area contributed by atoms with Crippen LogP contribution in [0, 0.1) is 0 Å². The van der Waals surface area contributed by atoms with E-state index in [-0.39, 0.29) is 18.9 Å². The van der Waals surface area contributed by atoms with Crippen molar-refractivity contribution in [1.29, 1.82) is 0 Å². The molecule has 0 aliphatic carbocycles. The molecule has 0 atom stereocenters. The highest BCUT2D eigenvalue weighted by molar-refractivity contribution is 7.92. The maximum Gasteiger partial charge on any atom is 0.233 e. The molecule has 1 aromatic rings. The Morgan fingerprint density at radius 2 is 1.95 bits per heavy atom. The summed E-state index contributed by atoms with van der Waals surface area (Å²) in [5.74, 6) is -0.223. The third kappa shape index (κ3) is 6.86. The third-order valence-corrected chi connectivity index (χ3v) is 3.44. The van der Waals surface area contributed by atoms with Crippen LogP contribution < -0.4 is 10.0 Å². The van der Waals surface area contributed by atoms with Crippen LogP contribution in [0.1, 0.15) is 12.0 Å². The Balaban J connectivity index is 2.40. The maximum atomic E-state index is 11.7. The van der Waals surface area contributed by atoms with Crippen LogP contribution in [0.5, 0.6) is 0 Å². The van der Waals surface area contributed by atoms with E-state index in [0.29, 0.717) is 6.54 Å². The molecule has 5 nitrogen and oxygen atoms in total. The van der Waals surface area contributed by atoms with Crippen LogP contribution in [-0.4, -0.2) is 27.4 Å². The van der Waals surface area contributed by atoms with Crippen LogP contribution >= 0.6 is 0 Å². The molecular weight excluding hydrogens is 276 g/mol. The Kier molecular flexibility index (Phi) is 6.69. The standard InChI is InChI=1S/C14H18N2O3S/c1-2-10-15-14(17)8-11-16-20(18,19)12-9-13-6-4-3-5-7-13/h2-7,9,12,16H,1,8,10-11H2,(H,15,17)/b12-9+. The SMILES string of the molecule is C=CCNC(=O)CCNS(=O)(=O)/C=C/c1ccccc1. The normalized spacial score (nSPS) is 11.4. The Bertz CT molecular complexity index is 565. The molecule has 0 spiro atoms. The van der Waals surface area contributed by atoms with Crippen molar-refractivity contribution in [3.8, 4) is 0 Å². The molecule has 0 unspecified atom stereocenters. The van der Waals surface area contributed by atoms with Crippen LogP contribution in [0.3, 0.4) is 0 Å². The number of nitrogens with one attached hydrogen (secondary N) is 2. The summed E-state index contributed by atoms with van der Waals surface area (Å²) in [5.41, 5.74) is 0.793. The van der Waals surface area contributed by atoms with Gasteiger partial charge < -0.3 is 5.32 Å². The van der Waals surface area contributed by atoms with E-state index in [9.17, 15) is 13.2 Å². The predicted molar refractivity (Wildman–Crippen MR) is 80.2 cm³/mol. The van der Waals surface area contributed by atoms with Gasteiger partial charge in [-0.1, -0.05) is 36.4 Å². The fraction of sp³-hybridized carbons (Fsp3) is 0.214. The number of hydrogen-bond acceptors (Lipinski definition) is 3. The fourth-order valence-electron chi connectivity index (χ4n) is 1.36. The van der Waals surface area contributed by atoms with Crippen LogP contribution in [0.4, 0.5) is 0 Å². The van der Waals surface area contributed by atoms with Crippen LogP contribution in [0.25, 0.3) is 6.08 Å². The maximum absolute atomic E-state index is 11.7. The lowest BCUT2D eigenvalue weighted by Gasteiger charge is -2.03. The van der Waals surface area contributed by atoms with Crippen LogP contribution in [-0.2, 0) is 14.8 Å². The molecule has 2 N–H and O–H groups in total. The first-order valence-electron chi connectivity index (χ1n) is 6.14. The molecule has 20 heavy (non-hydrogen) atoms. The van der Waals surface area contributed by atoms with Gasteiger partial charge in [-0.3, -0.25) is 4.79 Å². The second kappa shape index (κ2) is 8.29. The summed E-state index contributed by atoms with van der Waals surface area (Å²) in [7, 11) is -3.53. The van der Waals surface area contributed by atoms with E-state index in [2.05, 4.69) is 16.6 Å². The third-order valence-electron chi connectivity index (χ3n) is 2.34. The molecule has 1 aromatic carbocycles. The molecule has 0 radical (unpaired) electrons. The summed E-state index contributed by atoms with van der Waals surface area (Å²) in [5, 5.41) is 3.65. The molecule has 0 bridgehead atoms. The Labute approximate surface area is 119 Å². The average molecular weight is 294 g/mol. The predicted octanol–water partition coefficient (Wildman–Crippen LogP) is 1.27. The minimum absolute atomic E-state index is 0.0600. The summed E-state index contributed by atoms with van der Waals surface area (Å²) >= 11 is 0. The van der Waals surface area contributed by atoms with Gasteiger partial charge in [-0.25, -0.2) is 13.1 Å². The first-order valence-corrected chi connectivity index (χ1v) is 7.68. The molecule has 1 amide bonds. The molecule has 0 saturated heterocycles. The minimum Gasteiger partial charge on any atom is -0.353 e. The largest absolute Gasteiger partial charge is 0.353 e. The summed E-state index contributed by atoms with van der Waals surface area (Å²) < 4.78 is 25.6. The first-order chi connectivity index (χ1) is 9.53. The molecule has 0 fully saturated rings. The summed E-state index contributed by atoms with van der Waals surface area (Å²) in [6.45, 7) is 3.90. The van der Waals surface area contributed by atoms with E-state index in [4.69, 9.17) is 0 Å². The first kappa shape index (κ1) is 16.1. The molecule has 0 aliphatic heterocycles. The number of rotatable bonds is 8. The number of hydrogen-bond donors (Lipinski definition) is 2. The van der Waals surface area contributed by atoms with Crippen molar-refractivity contribution in [3.63, 3.8) is 0 Å². The van der Waals surface area contributed by atoms with Crippen molar-refractivity contribution in [2.75, 3.05) is 13.1 Å². The van der Waals surface area contributed by atoms with Gasteiger partial charge in [0.25, 0.3) is 0 Å². The minimum atomic E-state index is -3.53. The Morgan fingerprint density at radius 1 is 1.25 bits per heavy atom. The second-order valence-corrected chi connectivity index (χ2v) is 5.65.